The number of rotatable bonds is 5. The fourth-order valence-corrected chi connectivity index (χ4v) is 4.06. The molecule has 2 atom stereocenters. The van der Waals surface area contributed by atoms with Crippen LogP contribution >= 0.6 is 0 Å². The number of quaternary nitrogens is 1. The molecule has 1 aromatic carbocycles. The lowest BCUT2D eigenvalue weighted by atomic mass is 10.2. The van der Waals surface area contributed by atoms with Gasteiger partial charge in [0.1, 0.15) is 22.8 Å². The van der Waals surface area contributed by atoms with Gasteiger partial charge in [0.2, 0.25) is 0 Å². The Balaban J connectivity index is 1.75. The highest BCUT2D eigenvalue weighted by atomic mass is 16.5. The van der Waals surface area contributed by atoms with Gasteiger partial charge < -0.3 is 14.6 Å². The van der Waals surface area contributed by atoms with E-state index in [1.807, 2.05) is 25.1 Å². The fraction of sp³-hybridized carbons (Fsp3) is 0.474. The zero-order valence-electron chi connectivity index (χ0n) is 14.8. The summed E-state index contributed by atoms with van der Waals surface area (Å²) >= 11 is 0. The zero-order valence-corrected chi connectivity index (χ0v) is 14.8. The van der Waals surface area contributed by atoms with Gasteiger partial charge in [0, 0.05) is 23.7 Å². The largest absolute Gasteiger partial charge is 0.494 e. The van der Waals surface area contributed by atoms with Gasteiger partial charge in [0.25, 0.3) is 5.56 Å². The van der Waals surface area contributed by atoms with Crippen molar-refractivity contribution in [2.24, 2.45) is 0 Å². The van der Waals surface area contributed by atoms with Gasteiger partial charge in [-0.25, -0.2) is 4.98 Å². The number of ether oxygens (including phenoxy) is 1. The second kappa shape index (κ2) is 6.52. The van der Waals surface area contributed by atoms with Crippen molar-refractivity contribution < 1.29 is 9.64 Å². The molecule has 1 saturated heterocycles. The van der Waals surface area contributed by atoms with Crippen LogP contribution in [0.1, 0.15) is 26.7 Å². The number of nitrogens with one attached hydrogen (secondary N) is 2. The summed E-state index contributed by atoms with van der Waals surface area (Å²) in [6, 6.07) is 6.33. The molecular formula is C19H25N4O2+. The van der Waals surface area contributed by atoms with Crippen LogP contribution in [0.5, 0.6) is 5.75 Å². The smallest absolute Gasteiger partial charge is 0.277 e. The molecule has 3 aromatic rings. The highest BCUT2D eigenvalue weighted by Crippen LogP contribution is 2.25. The van der Waals surface area contributed by atoms with Crippen LogP contribution in [0.15, 0.2) is 29.3 Å². The molecule has 6 nitrogen and oxygen atoms in total. The van der Waals surface area contributed by atoms with Crippen molar-refractivity contribution in [2.75, 3.05) is 19.7 Å². The minimum absolute atomic E-state index is 0.0153. The molecule has 6 heteroatoms. The van der Waals surface area contributed by atoms with Gasteiger partial charge in [0.05, 0.1) is 32.6 Å². The van der Waals surface area contributed by atoms with E-state index in [0.717, 1.165) is 35.3 Å². The second-order valence-electron chi connectivity index (χ2n) is 6.79. The van der Waals surface area contributed by atoms with E-state index >= 15 is 0 Å². The average Bonchev–Trinajstić information content (AvgIpc) is 3.22. The summed E-state index contributed by atoms with van der Waals surface area (Å²) in [5, 5.41) is 0.937. The molecule has 0 radical (unpaired) electrons. The number of likely N-dealkylation sites (N-methyl/N-ethyl adjacent to an activating group) is 1. The van der Waals surface area contributed by atoms with E-state index in [9.17, 15) is 4.79 Å². The van der Waals surface area contributed by atoms with E-state index in [0.29, 0.717) is 18.2 Å². The maximum Gasteiger partial charge on any atom is 0.277 e. The Hall–Kier alpha value is -2.34. The Bertz CT molecular complexity index is 959. The number of aromatic nitrogens is 3. The molecule has 0 bridgehead atoms. The maximum absolute atomic E-state index is 12.9. The Labute approximate surface area is 146 Å². The predicted molar refractivity (Wildman–Crippen MR) is 98.4 cm³/mol. The Morgan fingerprint density at radius 1 is 1.40 bits per heavy atom. The molecule has 0 amide bonds. The molecule has 0 saturated carbocycles. The summed E-state index contributed by atoms with van der Waals surface area (Å²) in [5.41, 5.74) is 2.25. The molecule has 3 heterocycles. The van der Waals surface area contributed by atoms with Crippen LogP contribution in [0.25, 0.3) is 21.9 Å². The maximum atomic E-state index is 12.9. The molecule has 0 spiro atoms. The monoisotopic (exact) mass is 341 g/mol. The van der Waals surface area contributed by atoms with E-state index in [1.165, 1.54) is 19.4 Å². The average molecular weight is 341 g/mol. The number of hydrogen-bond acceptors (Lipinski definition) is 3. The topological polar surface area (TPSA) is 64.3 Å². The van der Waals surface area contributed by atoms with Crippen LogP contribution in [0.4, 0.5) is 0 Å². The fourth-order valence-electron chi connectivity index (χ4n) is 4.06. The normalized spacial score (nSPS) is 20.6. The van der Waals surface area contributed by atoms with Crippen LogP contribution in [-0.2, 0) is 6.54 Å². The van der Waals surface area contributed by atoms with E-state index in [1.54, 1.807) is 15.8 Å². The molecule has 1 aliphatic rings. The zero-order chi connectivity index (χ0) is 17.4. The number of benzene rings is 1. The van der Waals surface area contributed by atoms with Crippen molar-refractivity contribution in [2.45, 2.75) is 39.3 Å². The summed E-state index contributed by atoms with van der Waals surface area (Å²) in [7, 11) is 0. The quantitative estimate of drug-likeness (QED) is 0.736. The first-order chi connectivity index (χ1) is 12.2. The Morgan fingerprint density at radius 3 is 3.08 bits per heavy atom. The van der Waals surface area contributed by atoms with Gasteiger partial charge in [0.15, 0.2) is 0 Å². The lowest BCUT2D eigenvalue weighted by molar-refractivity contribution is -0.911. The first kappa shape index (κ1) is 16.1. The van der Waals surface area contributed by atoms with Crippen molar-refractivity contribution in [3.05, 3.63) is 34.9 Å². The first-order valence-electron chi connectivity index (χ1n) is 9.19. The third-order valence-corrected chi connectivity index (χ3v) is 5.35. The van der Waals surface area contributed by atoms with Crippen LogP contribution < -0.4 is 15.2 Å². The van der Waals surface area contributed by atoms with Gasteiger partial charge in [-0.15, -0.1) is 0 Å². The minimum Gasteiger partial charge on any atom is -0.494 e. The third kappa shape index (κ3) is 2.80. The van der Waals surface area contributed by atoms with Gasteiger partial charge in [-0.3, -0.25) is 9.36 Å². The van der Waals surface area contributed by atoms with E-state index < -0.39 is 0 Å². The van der Waals surface area contributed by atoms with Crippen LogP contribution in [-0.4, -0.2) is 40.3 Å². The molecule has 2 N–H and O–H groups in total. The summed E-state index contributed by atoms with van der Waals surface area (Å²) in [6.45, 7) is 7.85. The van der Waals surface area contributed by atoms with Crippen molar-refractivity contribution in [1.29, 1.82) is 0 Å². The SMILES string of the molecule is CCOc1ccc2[nH]c3c(=O)n(C[C@@H]4CCC[NH+]4CC)cnc3c2c1. The van der Waals surface area contributed by atoms with E-state index in [-0.39, 0.29) is 5.56 Å². The van der Waals surface area contributed by atoms with Crippen molar-refractivity contribution in [3.8, 4) is 5.75 Å². The number of H-pyrrole nitrogens is 1. The van der Waals surface area contributed by atoms with Crippen LogP contribution in [0.3, 0.4) is 0 Å². The summed E-state index contributed by atoms with van der Waals surface area (Å²) in [5.74, 6) is 0.801. The van der Waals surface area contributed by atoms with Gasteiger partial charge in [-0.05, 0) is 32.0 Å². The van der Waals surface area contributed by atoms with Crippen molar-refractivity contribution in [1.82, 2.24) is 14.5 Å². The Morgan fingerprint density at radius 2 is 2.28 bits per heavy atom. The number of likely N-dealkylation sites (tertiary alicyclic amines) is 1. The standard InChI is InChI=1S/C19H24N4O2/c1-3-22-9-5-6-13(22)11-23-12-20-17-15-10-14(25-4-2)7-8-16(15)21-18(17)19(23)24/h7-8,10,12-13,21H,3-6,9,11H2,1-2H3/p+1/t13-/m0/s1. The molecule has 4 rings (SSSR count). The summed E-state index contributed by atoms with van der Waals surface area (Å²) in [4.78, 5) is 22.4. The first-order valence-corrected chi connectivity index (χ1v) is 9.19. The minimum atomic E-state index is 0.0153. The van der Waals surface area contributed by atoms with E-state index in [4.69, 9.17) is 4.74 Å². The molecule has 1 aliphatic heterocycles. The van der Waals surface area contributed by atoms with Gasteiger partial charge >= 0.3 is 0 Å². The highest BCUT2D eigenvalue weighted by Gasteiger charge is 2.27. The molecule has 132 valence electrons. The van der Waals surface area contributed by atoms with E-state index in [2.05, 4.69) is 16.9 Å². The molecule has 1 fully saturated rings. The lowest BCUT2D eigenvalue weighted by Crippen LogP contribution is -3.13. The number of nitrogens with zero attached hydrogens (tertiary/aromatic N) is 2. The summed E-state index contributed by atoms with van der Waals surface area (Å²) < 4.78 is 7.34. The van der Waals surface area contributed by atoms with Gasteiger partial charge in [-0.2, -0.15) is 0 Å². The lowest BCUT2D eigenvalue weighted by Gasteiger charge is -2.20. The second-order valence-corrected chi connectivity index (χ2v) is 6.79. The molecular weight excluding hydrogens is 316 g/mol. The third-order valence-electron chi connectivity index (χ3n) is 5.35. The van der Waals surface area contributed by atoms with Crippen molar-refractivity contribution >= 4 is 21.9 Å². The van der Waals surface area contributed by atoms with Crippen LogP contribution in [0.2, 0.25) is 0 Å². The molecule has 0 aliphatic carbocycles. The molecule has 1 unspecified atom stereocenters. The van der Waals surface area contributed by atoms with Crippen molar-refractivity contribution in [3.63, 3.8) is 0 Å². The highest BCUT2D eigenvalue weighted by molar-refractivity contribution is 6.04. The number of hydrogen-bond donors (Lipinski definition) is 2. The van der Waals surface area contributed by atoms with Crippen LogP contribution in [0, 0.1) is 0 Å². The summed E-state index contributed by atoms with van der Waals surface area (Å²) in [6.07, 6.45) is 4.12. The molecule has 25 heavy (non-hydrogen) atoms. The number of fused-ring (bicyclic) bond motifs is 3. The predicted octanol–water partition coefficient (Wildman–Crippen LogP) is 1.34. The van der Waals surface area contributed by atoms with Gasteiger partial charge in [-0.1, -0.05) is 0 Å². The molecule has 2 aromatic heterocycles. The Kier molecular flexibility index (Phi) is 4.21. The number of aromatic amines is 1.